The van der Waals surface area contributed by atoms with Gasteiger partial charge in [0.2, 0.25) is 0 Å². The molecule has 2 aromatic heterocycles. The third-order valence-corrected chi connectivity index (χ3v) is 5.28. The van der Waals surface area contributed by atoms with Gasteiger partial charge in [-0.1, -0.05) is 6.07 Å². The normalized spacial score (nSPS) is 13.7. The van der Waals surface area contributed by atoms with E-state index in [0.717, 1.165) is 58.6 Å². The molecule has 4 aromatic rings. The third kappa shape index (κ3) is 2.70. The number of H-pyrrole nitrogens is 1. The molecular weight excluding hydrogens is 336 g/mol. The Morgan fingerprint density at radius 3 is 2.85 bits per heavy atom. The predicted molar refractivity (Wildman–Crippen MR) is 107 cm³/mol. The van der Waals surface area contributed by atoms with E-state index in [4.69, 9.17) is 5.73 Å². The fraction of sp³-hybridized carbons (Fsp3) is 0.190. The van der Waals surface area contributed by atoms with Gasteiger partial charge >= 0.3 is 0 Å². The molecule has 0 radical (unpaired) electrons. The molecular formula is C21H20N6. The average molecular weight is 356 g/mol. The van der Waals surface area contributed by atoms with Crippen molar-refractivity contribution < 1.29 is 0 Å². The van der Waals surface area contributed by atoms with Crippen molar-refractivity contribution in [3.05, 3.63) is 65.7 Å². The average Bonchev–Trinajstić information content (AvgIpc) is 3.22. The maximum Gasteiger partial charge on any atom is 0.140 e. The lowest BCUT2D eigenvalue weighted by Crippen LogP contribution is -2.31. The highest BCUT2D eigenvalue weighted by Crippen LogP contribution is 2.33. The Balaban J connectivity index is 1.63. The smallest absolute Gasteiger partial charge is 0.140 e. The van der Waals surface area contributed by atoms with Crippen molar-refractivity contribution in [2.24, 2.45) is 0 Å². The Morgan fingerprint density at radius 2 is 2.00 bits per heavy atom. The number of fused-ring (bicyclic) bond motifs is 2. The first kappa shape index (κ1) is 15.8. The lowest BCUT2D eigenvalue weighted by molar-refractivity contribution is 0.723. The molecule has 5 rings (SSSR count). The van der Waals surface area contributed by atoms with Crippen LogP contribution in [-0.2, 0) is 13.0 Å². The molecule has 1 aliphatic heterocycles. The van der Waals surface area contributed by atoms with Crippen molar-refractivity contribution in [3.8, 4) is 11.1 Å². The summed E-state index contributed by atoms with van der Waals surface area (Å²) in [7, 11) is 0. The fourth-order valence-corrected chi connectivity index (χ4v) is 3.92. The number of aromatic amines is 1. The first-order valence-corrected chi connectivity index (χ1v) is 9.06. The van der Waals surface area contributed by atoms with Crippen LogP contribution in [0.5, 0.6) is 0 Å². The molecule has 2 aromatic carbocycles. The van der Waals surface area contributed by atoms with Gasteiger partial charge in [0.15, 0.2) is 0 Å². The number of benzene rings is 2. The van der Waals surface area contributed by atoms with Gasteiger partial charge < -0.3 is 10.6 Å². The molecule has 0 spiro atoms. The molecule has 6 nitrogen and oxygen atoms in total. The van der Waals surface area contributed by atoms with E-state index in [0.29, 0.717) is 0 Å². The van der Waals surface area contributed by atoms with E-state index in [2.05, 4.69) is 56.3 Å². The topological polar surface area (TPSA) is 83.7 Å². The van der Waals surface area contributed by atoms with Crippen LogP contribution in [0.2, 0.25) is 0 Å². The maximum absolute atomic E-state index is 6.00. The van der Waals surface area contributed by atoms with Gasteiger partial charge in [0, 0.05) is 35.9 Å². The highest BCUT2D eigenvalue weighted by atomic mass is 15.2. The van der Waals surface area contributed by atoms with Gasteiger partial charge in [0.05, 0.1) is 11.7 Å². The second kappa shape index (κ2) is 6.09. The first-order valence-electron chi connectivity index (χ1n) is 9.06. The monoisotopic (exact) mass is 356 g/mol. The number of rotatable bonds is 2. The number of nitrogens with one attached hydrogen (secondary N) is 1. The van der Waals surface area contributed by atoms with E-state index in [9.17, 15) is 0 Å². The molecule has 134 valence electrons. The molecule has 0 fully saturated rings. The minimum atomic E-state index is 0.807. The van der Waals surface area contributed by atoms with Crippen LogP contribution in [0.4, 0.5) is 11.5 Å². The SMILES string of the molecule is Cc1cc(-c2cn[nH]c2)cc2c(N3CCc4ccc(N)cc4C3)ncnc12. The number of nitrogens with two attached hydrogens (primary N) is 1. The lowest BCUT2D eigenvalue weighted by atomic mass is 9.98. The van der Waals surface area contributed by atoms with E-state index in [1.165, 1.54) is 11.1 Å². The number of hydrogen-bond acceptors (Lipinski definition) is 5. The van der Waals surface area contributed by atoms with Gasteiger partial charge in [0.25, 0.3) is 0 Å². The van der Waals surface area contributed by atoms with Gasteiger partial charge in [-0.15, -0.1) is 0 Å². The van der Waals surface area contributed by atoms with Crippen LogP contribution in [-0.4, -0.2) is 26.7 Å². The summed E-state index contributed by atoms with van der Waals surface area (Å²) >= 11 is 0. The van der Waals surface area contributed by atoms with Crippen LogP contribution >= 0.6 is 0 Å². The van der Waals surface area contributed by atoms with Crippen molar-refractivity contribution in [1.82, 2.24) is 20.2 Å². The van der Waals surface area contributed by atoms with E-state index in [1.807, 2.05) is 18.5 Å². The third-order valence-electron chi connectivity index (χ3n) is 5.28. The molecule has 0 unspecified atom stereocenters. The molecule has 0 saturated heterocycles. The predicted octanol–water partition coefficient (Wildman–Crippen LogP) is 3.47. The summed E-state index contributed by atoms with van der Waals surface area (Å²) in [5.41, 5.74) is 13.8. The zero-order valence-corrected chi connectivity index (χ0v) is 15.1. The highest BCUT2D eigenvalue weighted by Gasteiger charge is 2.20. The summed E-state index contributed by atoms with van der Waals surface area (Å²) in [5, 5.41) is 8.03. The molecule has 3 heterocycles. The fourth-order valence-electron chi connectivity index (χ4n) is 3.92. The zero-order chi connectivity index (χ0) is 18.4. The van der Waals surface area contributed by atoms with Gasteiger partial charge in [-0.2, -0.15) is 5.10 Å². The van der Waals surface area contributed by atoms with Crippen molar-refractivity contribution >= 4 is 22.4 Å². The van der Waals surface area contributed by atoms with E-state index in [1.54, 1.807) is 6.33 Å². The molecule has 3 N–H and O–H groups in total. The van der Waals surface area contributed by atoms with Crippen molar-refractivity contribution in [3.63, 3.8) is 0 Å². The summed E-state index contributed by atoms with van der Waals surface area (Å²) in [6.07, 6.45) is 6.40. The standard InChI is InChI=1S/C21H20N6/c1-13-6-15(17-9-25-26-10-17)8-19-20(13)23-12-24-21(19)27-5-4-14-2-3-18(22)7-16(14)11-27/h2-3,6-10,12H,4-5,11,22H2,1H3,(H,25,26). The van der Waals surface area contributed by atoms with E-state index >= 15 is 0 Å². The molecule has 27 heavy (non-hydrogen) atoms. The van der Waals surface area contributed by atoms with Crippen molar-refractivity contribution in [2.75, 3.05) is 17.2 Å². The van der Waals surface area contributed by atoms with E-state index < -0.39 is 0 Å². The number of hydrogen-bond donors (Lipinski definition) is 2. The zero-order valence-electron chi connectivity index (χ0n) is 15.1. The number of aromatic nitrogens is 4. The lowest BCUT2D eigenvalue weighted by Gasteiger charge is -2.30. The van der Waals surface area contributed by atoms with Crippen LogP contribution in [0.1, 0.15) is 16.7 Å². The second-order valence-corrected chi connectivity index (χ2v) is 7.07. The number of aryl methyl sites for hydroxylation is 1. The maximum atomic E-state index is 6.00. The van der Waals surface area contributed by atoms with Crippen molar-refractivity contribution in [1.29, 1.82) is 0 Å². The number of nitrogens with zero attached hydrogens (tertiary/aromatic N) is 4. The van der Waals surface area contributed by atoms with Crippen LogP contribution < -0.4 is 10.6 Å². The summed E-state index contributed by atoms with van der Waals surface area (Å²) in [4.78, 5) is 11.5. The molecule has 0 bridgehead atoms. The second-order valence-electron chi connectivity index (χ2n) is 7.07. The summed E-state index contributed by atoms with van der Waals surface area (Å²) in [5.74, 6) is 0.974. The molecule has 6 heteroatoms. The summed E-state index contributed by atoms with van der Waals surface area (Å²) in [6, 6.07) is 10.5. The molecule has 1 aliphatic rings. The Morgan fingerprint density at radius 1 is 1.07 bits per heavy atom. The Hall–Kier alpha value is -3.41. The van der Waals surface area contributed by atoms with Gasteiger partial charge in [-0.05, 0) is 59.9 Å². The van der Waals surface area contributed by atoms with Crippen LogP contribution in [0.15, 0.2) is 49.1 Å². The summed E-state index contributed by atoms with van der Waals surface area (Å²) < 4.78 is 0. The van der Waals surface area contributed by atoms with Gasteiger partial charge in [-0.3, -0.25) is 5.10 Å². The Bertz CT molecular complexity index is 1130. The Kier molecular flexibility index (Phi) is 3.57. The summed E-state index contributed by atoms with van der Waals surface area (Å²) in [6.45, 7) is 3.83. The largest absolute Gasteiger partial charge is 0.399 e. The quantitative estimate of drug-likeness (QED) is 0.537. The number of nitrogen functional groups attached to an aromatic ring is 1. The van der Waals surface area contributed by atoms with Gasteiger partial charge in [0.1, 0.15) is 12.1 Å². The first-order chi connectivity index (χ1) is 13.2. The molecule has 0 amide bonds. The van der Waals surface area contributed by atoms with Crippen LogP contribution in [0.25, 0.3) is 22.0 Å². The number of anilines is 2. The van der Waals surface area contributed by atoms with E-state index in [-0.39, 0.29) is 0 Å². The van der Waals surface area contributed by atoms with Crippen molar-refractivity contribution in [2.45, 2.75) is 19.9 Å². The van der Waals surface area contributed by atoms with Crippen LogP contribution in [0, 0.1) is 6.92 Å². The minimum absolute atomic E-state index is 0.807. The molecule has 0 aliphatic carbocycles. The molecule has 0 saturated carbocycles. The Labute approximate surface area is 157 Å². The molecule has 0 atom stereocenters. The van der Waals surface area contributed by atoms with Crippen LogP contribution in [0.3, 0.4) is 0 Å². The van der Waals surface area contributed by atoms with Gasteiger partial charge in [-0.25, -0.2) is 9.97 Å². The highest BCUT2D eigenvalue weighted by molar-refractivity contribution is 5.95. The minimum Gasteiger partial charge on any atom is -0.399 e.